The third kappa shape index (κ3) is 5.68. The molecule has 0 saturated carbocycles. The molecule has 0 aromatic heterocycles. The summed E-state index contributed by atoms with van der Waals surface area (Å²) in [6.07, 6.45) is 1.04. The zero-order valence-corrected chi connectivity index (χ0v) is 14.6. The number of hydrazone groups is 1. The molecule has 0 radical (unpaired) electrons. The van der Waals surface area contributed by atoms with Gasteiger partial charge in [0.1, 0.15) is 12.2 Å². The van der Waals surface area contributed by atoms with E-state index in [1.54, 1.807) is 36.4 Å². The lowest BCUT2D eigenvalue weighted by atomic mass is 10.2. The Morgan fingerprint density at radius 2 is 1.88 bits per heavy atom. The molecule has 6 nitrogen and oxygen atoms in total. The zero-order valence-electron chi connectivity index (χ0n) is 12.3. The van der Waals surface area contributed by atoms with Crippen LogP contribution in [0, 0.1) is 0 Å². The lowest BCUT2D eigenvalue weighted by Crippen LogP contribution is -2.24. The Morgan fingerprint density at radius 3 is 2.54 bits per heavy atom. The minimum absolute atomic E-state index is 0.107. The fourth-order valence-electron chi connectivity index (χ4n) is 1.71. The van der Waals surface area contributed by atoms with Gasteiger partial charge in [-0.15, -0.1) is 0 Å². The molecule has 2 aromatic carbocycles. The van der Waals surface area contributed by atoms with Crippen LogP contribution >= 0.6 is 27.5 Å². The summed E-state index contributed by atoms with van der Waals surface area (Å²) in [5.74, 6) is -0.900. The highest BCUT2D eigenvalue weighted by Crippen LogP contribution is 2.23. The van der Waals surface area contributed by atoms with Gasteiger partial charge in [0.25, 0.3) is 0 Å². The molecule has 2 aromatic rings. The smallest absolute Gasteiger partial charge is 0.249 e. The van der Waals surface area contributed by atoms with Crippen LogP contribution in [0.15, 0.2) is 52.0 Å². The van der Waals surface area contributed by atoms with Crippen LogP contribution in [0.4, 0.5) is 5.69 Å². The number of anilines is 1. The zero-order chi connectivity index (χ0) is 17.5. The van der Waals surface area contributed by atoms with Crippen molar-refractivity contribution in [3.05, 3.63) is 57.5 Å². The third-order valence-corrected chi connectivity index (χ3v) is 3.71. The van der Waals surface area contributed by atoms with Crippen molar-refractivity contribution in [1.29, 1.82) is 0 Å². The average Bonchev–Trinajstić information content (AvgIpc) is 2.53. The number of nitrogens with zero attached hydrogens (tertiary/aromatic N) is 1. The summed E-state index contributed by atoms with van der Waals surface area (Å²) in [6, 6.07) is 11.3. The molecule has 0 atom stereocenters. The molecule has 3 N–H and O–H groups in total. The Morgan fingerprint density at radius 1 is 1.17 bits per heavy atom. The number of carbonyl (C=O) groups excluding carboxylic acids is 2. The van der Waals surface area contributed by atoms with Crippen molar-refractivity contribution >= 4 is 51.2 Å². The van der Waals surface area contributed by atoms with Gasteiger partial charge >= 0.3 is 0 Å². The Kier molecular flexibility index (Phi) is 6.34. The minimum atomic E-state index is -0.546. The summed E-state index contributed by atoms with van der Waals surface area (Å²) in [5, 5.41) is 16.3. The first-order valence-corrected chi connectivity index (χ1v) is 7.97. The maximum absolute atomic E-state index is 11.7. The van der Waals surface area contributed by atoms with Crippen LogP contribution in [-0.4, -0.2) is 23.1 Å². The largest absolute Gasteiger partial charge is 0.507 e. The van der Waals surface area contributed by atoms with E-state index >= 15 is 0 Å². The Bertz CT molecular complexity index is 779. The molecule has 0 aliphatic carbocycles. The second kappa shape index (κ2) is 8.47. The van der Waals surface area contributed by atoms with Crippen LogP contribution in [0.25, 0.3) is 0 Å². The highest BCUT2D eigenvalue weighted by atomic mass is 79.9. The number of benzene rings is 2. The third-order valence-electron chi connectivity index (χ3n) is 2.82. The van der Waals surface area contributed by atoms with Crippen molar-refractivity contribution in [3.63, 3.8) is 0 Å². The van der Waals surface area contributed by atoms with Gasteiger partial charge in [0, 0.05) is 10.7 Å². The lowest BCUT2D eigenvalue weighted by molar-refractivity contribution is -0.126. The van der Waals surface area contributed by atoms with Gasteiger partial charge < -0.3 is 10.4 Å². The quantitative estimate of drug-likeness (QED) is 0.401. The standard InChI is InChI=1S/C16H13BrClN3O3/c17-13-7-10(1-6-14(13)22)9-19-21-16(24)8-15(23)20-12-4-2-11(18)3-5-12/h1-7,9,22H,8H2,(H,20,23)(H,21,24). The van der Waals surface area contributed by atoms with Gasteiger partial charge in [0.2, 0.25) is 11.8 Å². The van der Waals surface area contributed by atoms with Crippen molar-refractivity contribution in [3.8, 4) is 5.75 Å². The van der Waals surface area contributed by atoms with Crippen molar-refractivity contribution in [2.45, 2.75) is 6.42 Å². The van der Waals surface area contributed by atoms with Gasteiger partial charge in [-0.25, -0.2) is 5.43 Å². The molecule has 0 bridgehead atoms. The molecule has 2 amide bonds. The average molecular weight is 411 g/mol. The summed E-state index contributed by atoms with van der Waals surface area (Å²) < 4.78 is 0.514. The fourth-order valence-corrected chi connectivity index (χ4v) is 2.23. The first-order valence-electron chi connectivity index (χ1n) is 6.80. The molecule has 8 heteroatoms. The van der Waals surface area contributed by atoms with Gasteiger partial charge in [-0.3, -0.25) is 9.59 Å². The summed E-state index contributed by atoms with van der Waals surface area (Å²) in [7, 11) is 0. The van der Waals surface area contributed by atoms with E-state index in [9.17, 15) is 14.7 Å². The highest BCUT2D eigenvalue weighted by Gasteiger charge is 2.09. The molecule has 0 unspecified atom stereocenters. The first-order chi connectivity index (χ1) is 11.4. The van der Waals surface area contributed by atoms with Crippen LogP contribution < -0.4 is 10.7 Å². The van der Waals surface area contributed by atoms with E-state index in [0.29, 0.717) is 20.7 Å². The number of amides is 2. The Hall–Kier alpha value is -2.38. The summed E-state index contributed by atoms with van der Waals surface area (Å²) in [5.41, 5.74) is 3.48. The molecule has 2 rings (SSSR count). The molecular weight excluding hydrogens is 398 g/mol. The first kappa shape index (κ1) is 18.0. The van der Waals surface area contributed by atoms with Gasteiger partial charge in [0.05, 0.1) is 10.7 Å². The van der Waals surface area contributed by atoms with Crippen LogP contribution in [0.5, 0.6) is 5.75 Å². The van der Waals surface area contributed by atoms with Crippen LogP contribution in [-0.2, 0) is 9.59 Å². The summed E-state index contributed by atoms with van der Waals surface area (Å²) >= 11 is 8.92. The van der Waals surface area contributed by atoms with E-state index in [-0.39, 0.29) is 12.2 Å². The number of phenolic OH excluding ortho intramolecular Hbond substituents is 1. The number of hydrogen-bond donors (Lipinski definition) is 3. The van der Waals surface area contributed by atoms with Crippen LogP contribution in [0.1, 0.15) is 12.0 Å². The van der Waals surface area contributed by atoms with Crippen LogP contribution in [0.2, 0.25) is 5.02 Å². The van der Waals surface area contributed by atoms with E-state index in [2.05, 4.69) is 31.8 Å². The van der Waals surface area contributed by atoms with Crippen molar-refractivity contribution in [1.82, 2.24) is 5.43 Å². The monoisotopic (exact) mass is 409 g/mol. The van der Waals surface area contributed by atoms with Crippen LogP contribution in [0.3, 0.4) is 0 Å². The van der Waals surface area contributed by atoms with E-state index in [1.165, 1.54) is 12.3 Å². The molecular formula is C16H13BrClN3O3. The van der Waals surface area contributed by atoms with E-state index in [4.69, 9.17) is 11.6 Å². The molecule has 0 aliphatic heterocycles. The molecule has 24 heavy (non-hydrogen) atoms. The maximum atomic E-state index is 11.7. The number of hydrogen-bond acceptors (Lipinski definition) is 4. The Labute approximate surface area is 151 Å². The van der Waals surface area contributed by atoms with Gasteiger partial charge in [0.15, 0.2) is 0 Å². The van der Waals surface area contributed by atoms with E-state index in [1.807, 2.05) is 0 Å². The number of aromatic hydroxyl groups is 1. The predicted octanol–water partition coefficient (Wildman–Crippen LogP) is 3.29. The predicted molar refractivity (Wildman–Crippen MR) is 96.2 cm³/mol. The lowest BCUT2D eigenvalue weighted by Gasteiger charge is -2.04. The normalized spacial score (nSPS) is 10.6. The number of nitrogens with one attached hydrogen (secondary N) is 2. The van der Waals surface area contributed by atoms with E-state index in [0.717, 1.165) is 0 Å². The van der Waals surface area contributed by atoms with E-state index < -0.39 is 11.8 Å². The number of halogens is 2. The van der Waals surface area contributed by atoms with Gasteiger partial charge in [-0.2, -0.15) is 5.10 Å². The SMILES string of the molecule is O=C(CC(=O)Nc1ccc(Cl)cc1)NN=Cc1ccc(O)c(Br)c1. The summed E-state index contributed by atoms with van der Waals surface area (Å²) in [4.78, 5) is 23.4. The second-order valence-corrected chi connectivity index (χ2v) is 6.03. The minimum Gasteiger partial charge on any atom is -0.507 e. The number of rotatable bonds is 5. The highest BCUT2D eigenvalue weighted by molar-refractivity contribution is 9.10. The van der Waals surface area contributed by atoms with Crippen molar-refractivity contribution in [2.24, 2.45) is 5.10 Å². The fraction of sp³-hybridized carbons (Fsp3) is 0.0625. The number of phenols is 1. The molecule has 0 saturated heterocycles. The second-order valence-electron chi connectivity index (χ2n) is 4.74. The summed E-state index contributed by atoms with van der Waals surface area (Å²) in [6.45, 7) is 0. The molecule has 124 valence electrons. The van der Waals surface area contributed by atoms with Crippen molar-refractivity contribution < 1.29 is 14.7 Å². The van der Waals surface area contributed by atoms with Gasteiger partial charge in [-0.05, 0) is 64.0 Å². The topological polar surface area (TPSA) is 90.8 Å². The molecule has 0 heterocycles. The molecule has 0 spiro atoms. The molecule has 0 aliphatic rings. The molecule has 0 fully saturated rings. The van der Waals surface area contributed by atoms with Gasteiger partial charge in [-0.1, -0.05) is 11.6 Å². The maximum Gasteiger partial charge on any atom is 0.249 e. The Balaban J connectivity index is 1.81. The number of carbonyl (C=O) groups is 2. The van der Waals surface area contributed by atoms with Crippen molar-refractivity contribution in [2.75, 3.05) is 5.32 Å².